The first kappa shape index (κ1) is 17.2. The van der Waals surface area contributed by atoms with Crippen molar-refractivity contribution in [3.05, 3.63) is 76.7 Å². The Hall–Kier alpha value is -3.94. The van der Waals surface area contributed by atoms with Gasteiger partial charge in [-0.05, 0) is 35.9 Å². The minimum absolute atomic E-state index is 0.0154. The van der Waals surface area contributed by atoms with E-state index in [1.165, 1.54) is 29.0 Å². The molecule has 1 atom stereocenters. The first-order valence-electron chi connectivity index (χ1n) is 9.00. The van der Waals surface area contributed by atoms with Crippen molar-refractivity contribution >= 4 is 34.0 Å². The van der Waals surface area contributed by atoms with Crippen LogP contribution >= 0.6 is 0 Å². The standard InChI is InChI=1S/C21H15FN6O/c22-18-5-3-15(11-25-18)28-19(29)6-2-13-8-24-17-4-1-12(7-16(17)20(13)28)14-9-26-21(23)27-10-14/h1-9,11,14H,10H2,(H2,23,27). The minimum atomic E-state index is -0.604. The molecule has 0 bridgehead atoms. The van der Waals surface area contributed by atoms with Crippen molar-refractivity contribution in [3.8, 4) is 5.69 Å². The summed E-state index contributed by atoms with van der Waals surface area (Å²) in [6.07, 6.45) is 4.84. The van der Waals surface area contributed by atoms with Crippen molar-refractivity contribution in [2.45, 2.75) is 5.92 Å². The third-order valence-corrected chi connectivity index (χ3v) is 4.98. The number of rotatable bonds is 2. The van der Waals surface area contributed by atoms with Gasteiger partial charge in [0.1, 0.15) is 0 Å². The molecule has 4 heterocycles. The van der Waals surface area contributed by atoms with E-state index < -0.39 is 5.95 Å². The van der Waals surface area contributed by atoms with Crippen molar-refractivity contribution < 1.29 is 4.39 Å². The van der Waals surface area contributed by atoms with Crippen molar-refractivity contribution in [2.75, 3.05) is 6.54 Å². The number of benzene rings is 1. The molecule has 4 aromatic rings. The number of hydrogen-bond donors (Lipinski definition) is 1. The summed E-state index contributed by atoms with van der Waals surface area (Å²) in [6, 6.07) is 11.8. The Bertz CT molecular complexity index is 1370. The average molecular weight is 386 g/mol. The number of nitrogens with zero attached hydrogens (tertiary/aromatic N) is 5. The van der Waals surface area contributed by atoms with Crippen LogP contribution < -0.4 is 11.3 Å². The number of guanidine groups is 1. The lowest BCUT2D eigenvalue weighted by atomic mass is 9.97. The fourth-order valence-corrected chi connectivity index (χ4v) is 3.55. The Morgan fingerprint density at radius 1 is 1.07 bits per heavy atom. The summed E-state index contributed by atoms with van der Waals surface area (Å²) in [7, 11) is 0. The van der Waals surface area contributed by atoms with Crippen molar-refractivity contribution in [3.63, 3.8) is 0 Å². The maximum Gasteiger partial charge on any atom is 0.255 e. The van der Waals surface area contributed by atoms with E-state index in [1.807, 2.05) is 18.2 Å². The number of halogens is 1. The summed E-state index contributed by atoms with van der Waals surface area (Å²) in [5.74, 6) is -0.350. The molecule has 0 saturated heterocycles. The van der Waals surface area contributed by atoms with Crippen LogP contribution in [0.1, 0.15) is 11.5 Å². The third kappa shape index (κ3) is 2.94. The molecule has 29 heavy (non-hydrogen) atoms. The van der Waals surface area contributed by atoms with E-state index in [2.05, 4.69) is 20.0 Å². The predicted molar refractivity (Wildman–Crippen MR) is 110 cm³/mol. The van der Waals surface area contributed by atoms with Crippen LogP contribution in [0.3, 0.4) is 0 Å². The highest BCUT2D eigenvalue weighted by Crippen LogP contribution is 2.28. The van der Waals surface area contributed by atoms with Crippen LogP contribution in [0.15, 0.2) is 69.6 Å². The molecule has 3 aromatic heterocycles. The first-order chi connectivity index (χ1) is 14.1. The van der Waals surface area contributed by atoms with Crippen molar-refractivity contribution in [1.29, 1.82) is 0 Å². The molecule has 7 nitrogen and oxygen atoms in total. The summed E-state index contributed by atoms with van der Waals surface area (Å²) >= 11 is 0. The van der Waals surface area contributed by atoms with Crippen LogP contribution in [-0.4, -0.2) is 33.3 Å². The van der Waals surface area contributed by atoms with Gasteiger partial charge >= 0.3 is 0 Å². The molecule has 8 heteroatoms. The highest BCUT2D eigenvalue weighted by molar-refractivity contribution is 6.04. The molecule has 0 spiro atoms. The Labute approximate surface area is 164 Å². The molecule has 0 radical (unpaired) electrons. The Kier molecular flexibility index (Phi) is 3.90. The fourth-order valence-electron chi connectivity index (χ4n) is 3.55. The van der Waals surface area contributed by atoms with E-state index in [-0.39, 0.29) is 17.4 Å². The quantitative estimate of drug-likeness (QED) is 0.423. The zero-order chi connectivity index (χ0) is 20.0. The molecule has 1 aliphatic heterocycles. The number of fused-ring (bicyclic) bond motifs is 3. The van der Waals surface area contributed by atoms with Gasteiger partial charge in [0.25, 0.3) is 5.56 Å². The van der Waals surface area contributed by atoms with Gasteiger partial charge < -0.3 is 5.73 Å². The smallest absolute Gasteiger partial charge is 0.255 e. The van der Waals surface area contributed by atoms with Crippen molar-refractivity contribution in [2.24, 2.45) is 15.7 Å². The van der Waals surface area contributed by atoms with Crippen LogP contribution in [0.4, 0.5) is 4.39 Å². The summed E-state index contributed by atoms with van der Waals surface area (Å²) in [4.78, 5) is 29.3. The molecule has 5 rings (SSSR count). The molecule has 1 aromatic carbocycles. The summed E-state index contributed by atoms with van der Waals surface area (Å²) in [5, 5.41) is 1.59. The van der Waals surface area contributed by atoms with Gasteiger partial charge in [-0.3, -0.25) is 19.3 Å². The Balaban J connectivity index is 1.80. The summed E-state index contributed by atoms with van der Waals surface area (Å²) in [5.41, 5.74) is 8.29. The number of aliphatic imine (C=N–C) groups is 2. The second-order valence-corrected chi connectivity index (χ2v) is 6.77. The van der Waals surface area contributed by atoms with Crippen LogP contribution in [0, 0.1) is 5.95 Å². The molecule has 0 amide bonds. The van der Waals surface area contributed by atoms with Gasteiger partial charge in [0.2, 0.25) is 11.9 Å². The average Bonchev–Trinajstić information content (AvgIpc) is 2.74. The van der Waals surface area contributed by atoms with Gasteiger partial charge in [0, 0.05) is 35.2 Å². The lowest BCUT2D eigenvalue weighted by molar-refractivity contribution is 0.583. The van der Waals surface area contributed by atoms with E-state index in [9.17, 15) is 9.18 Å². The molecule has 1 aliphatic rings. The highest BCUT2D eigenvalue weighted by Gasteiger charge is 2.16. The van der Waals surface area contributed by atoms with Gasteiger partial charge in [-0.15, -0.1) is 0 Å². The molecule has 1 unspecified atom stereocenters. The van der Waals surface area contributed by atoms with Crippen molar-refractivity contribution in [1.82, 2.24) is 14.5 Å². The molecule has 2 N–H and O–H groups in total. The van der Waals surface area contributed by atoms with Gasteiger partial charge in [-0.1, -0.05) is 6.07 Å². The predicted octanol–water partition coefficient (Wildman–Crippen LogP) is 2.56. The summed E-state index contributed by atoms with van der Waals surface area (Å²) < 4.78 is 14.8. The van der Waals surface area contributed by atoms with E-state index in [0.717, 1.165) is 21.9 Å². The lowest BCUT2D eigenvalue weighted by Crippen LogP contribution is -2.19. The number of pyridine rings is 3. The van der Waals surface area contributed by atoms with Crippen LogP contribution in [0.5, 0.6) is 0 Å². The van der Waals surface area contributed by atoms with Gasteiger partial charge in [-0.25, -0.2) is 9.98 Å². The normalized spacial score (nSPS) is 16.3. The Morgan fingerprint density at radius 2 is 1.97 bits per heavy atom. The topological polar surface area (TPSA) is 98.5 Å². The molecule has 142 valence electrons. The third-order valence-electron chi connectivity index (χ3n) is 4.98. The van der Waals surface area contributed by atoms with Crippen LogP contribution in [0.25, 0.3) is 27.5 Å². The molecule has 0 saturated carbocycles. The number of nitrogens with two attached hydrogens (primary N) is 1. The van der Waals surface area contributed by atoms with Crippen LogP contribution in [0.2, 0.25) is 0 Å². The summed E-state index contributed by atoms with van der Waals surface area (Å²) in [6.45, 7) is 0.508. The van der Waals surface area contributed by atoms with E-state index in [0.29, 0.717) is 17.7 Å². The van der Waals surface area contributed by atoms with E-state index >= 15 is 0 Å². The zero-order valence-corrected chi connectivity index (χ0v) is 15.2. The van der Waals surface area contributed by atoms with E-state index in [4.69, 9.17) is 5.73 Å². The molecular weight excluding hydrogens is 371 g/mol. The fraction of sp³-hybridized carbons (Fsp3) is 0.0952. The van der Waals surface area contributed by atoms with Crippen LogP contribution in [-0.2, 0) is 0 Å². The largest absolute Gasteiger partial charge is 0.368 e. The minimum Gasteiger partial charge on any atom is -0.368 e. The van der Waals surface area contributed by atoms with E-state index in [1.54, 1.807) is 18.5 Å². The second kappa shape index (κ2) is 6.59. The second-order valence-electron chi connectivity index (χ2n) is 6.77. The maximum atomic E-state index is 13.3. The molecule has 0 fully saturated rings. The molecule has 0 aliphatic carbocycles. The maximum absolute atomic E-state index is 13.3. The zero-order valence-electron chi connectivity index (χ0n) is 15.2. The van der Waals surface area contributed by atoms with Gasteiger partial charge in [0.15, 0.2) is 0 Å². The highest BCUT2D eigenvalue weighted by atomic mass is 19.1. The van der Waals surface area contributed by atoms with Gasteiger partial charge in [-0.2, -0.15) is 4.39 Å². The molecular formula is C21H15FN6O. The van der Waals surface area contributed by atoms with Gasteiger partial charge in [0.05, 0.1) is 29.5 Å². The Morgan fingerprint density at radius 3 is 2.72 bits per heavy atom. The lowest BCUT2D eigenvalue weighted by Gasteiger charge is -2.16. The number of hydrogen-bond acceptors (Lipinski definition) is 6. The SMILES string of the molecule is NC1=NCC(c2ccc3ncc4ccc(=O)n(-c5ccc(F)nc5)c4c3c2)C=N1. The first-order valence-corrected chi connectivity index (χ1v) is 9.00. The monoisotopic (exact) mass is 386 g/mol. The number of aromatic nitrogens is 3.